The van der Waals surface area contributed by atoms with E-state index in [1.54, 1.807) is 11.3 Å². The molecule has 1 amide bonds. The maximum Gasteiger partial charge on any atom is 0.222 e. The number of amides is 1. The first kappa shape index (κ1) is 22.3. The van der Waals surface area contributed by atoms with Gasteiger partial charge in [0.1, 0.15) is 5.01 Å². The number of thiazole rings is 1. The highest BCUT2D eigenvalue weighted by Gasteiger charge is 2.19. The summed E-state index contributed by atoms with van der Waals surface area (Å²) in [6, 6.07) is 8.41. The Balaban J connectivity index is 1.42. The number of carbonyl (C=O) groups is 1. The summed E-state index contributed by atoms with van der Waals surface area (Å²) in [5, 5.41) is 9.74. The van der Waals surface area contributed by atoms with E-state index in [0.29, 0.717) is 18.9 Å². The monoisotopic (exact) mass is 427 g/mol. The highest BCUT2D eigenvalue weighted by Crippen LogP contribution is 2.19. The van der Waals surface area contributed by atoms with Crippen LogP contribution in [-0.4, -0.2) is 41.4 Å². The number of aromatic nitrogens is 1. The molecule has 0 atom stereocenters. The lowest BCUT2D eigenvalue weighted by Gasteiger charge is -2.29. The molecule has 0 saturated carbocycles. The minimum absolute atomic E-state index is 0.234. The summed E-state index contributed by atoms with van der Waals surface area (Å²) in [5.74, 6) is 1.45. The molecule has 1 aromatic carbocycles. The summed E-state index contributed by atoms with van der Waals surface area (Å²) < 4.78 is 0. The molecule has 0 saturated heterocycles. The van der Waals surface area contributed by atoms with Crippen LogP contribution in [0.5, 0.6) is 0 Å². The normalized spacial score (nSPS) is 14.0. The molecule has 0 fully saturated rings. The van der Waals surface area contributed by atoms with Crippen molar-refractivity contribution in [1.82, 2.24) is 20.5 Å². The predicted octanol–water partition coefficient (Wildman–Crippen LogP) is 3.69. The van der Waals surface area contributed by atoms with Crippen LogP contribution in [0.15, 0.2) is 34.6 Å². The lowest BCUT2D eigenvalue weighted by Crippen LogP contribution is -2.39. The van der Waals surface area contributed by atoms with E-state index in [1.165, 1.54) is 11.1 Å². The molecule has 2 aromatic rings. The molecule has 0 radical (unpaired) electrons. The molecule has 2 heterocycles. The van der Waals surface area contributed by atoms with Gasteiger partial charge in [0.2, 0.25) is 5.91 Å². The van der Waals surface area contributed by atoms with Gasteiger partial charge in [-0.2, -0.15) is 0 Å². The number of carbonyl (C=O) groups excluding carboxylic acids is 1. The third kappa shape index (κ3) is 6.29. The highest BCUT2D eigenvalue weighted by atomic mass is 32.1. The Morgan fingerprint density at radius 3 is 2.80 bits per heavy atom. The zero-order valence-electron chi connectivity index (χ0n) is 18.3. The van der Waals surface area contributed by atoms with E-state index in [9.17, 15) is 4.79 Å². The SMILES string of the molecule is CCNC(=NCc1nc(C(C)C)cs1)NCCCC(=O)N1CCc2ccccc2C1. The standard InChI is InChI=1S/C23H33N5OS/c1-4-24-23(26-14-21-27-20(16-30-21)17(2)3)25-12-7-10-22(29)28-13-11-18-8-5-6-9-19(18)15-28/h5-6,8-9,16-17H,4,7,10-15H2,1-3H3,(H2,24,25,26). The maximum absolute atomic E-state index is 12.6. The second-order valence-corrected chi connectivity index (χ2v) is 8.82. The van der Waals surface area contributed by atoms with Gasteiger partial charge in [-0.15, -0.1) is 11.3 Å². The van der Waals surface area contributed by atoms with E-state index >= 15 is 0 Å². The lowest BCUT2D eigenvalue weighted by atomic mass is 9.99. The molecule has 1 aliphatic heterocycles. The summed E-state index contributed by atoms with van der Waals surface area (Å²) in [6.07, 6.45) is 2.29. The quantitative estimate of drug-likeness (QED) is 0.383. The lowest BCUT2D eigenvalue weighted by molar-refractivity contribution is -0.132. The van der Waals surface area contributed by atoms with Crippen LogP contribution in [0.4, 0.5) is 0 Å². The first-order valence-corrected chi connectivity index (χ1v) is 11.8. The van der Waals surface area contributed by atoms with Crippen molar-refractivity contribution in [3.63, 3.8) is 0 Å². The number of nitrogens with zero attached hydrogens (tertiary/aromatic N) is 3. The maximum atomic E-state index is 12.6. The van der Waals surface area contributed by atoms with E-state index in [-0.39, 0.29) is 5.91 Å². The summed E-state index contributed by atoms with van der Waals surface area (Å²) in [4.78, 5) is 23.8. The summed E-state index contributed by atoms with van der Waals surface area (Å²) in [5.41, 5.74) is 3.78. The van der Waals surface area contributed by atoms with Gasteiger partial charge in [0.15, 0.2) is 5.96 Å². The Morgan fingerprint density at radius 1 is 1.27 bits per heavy atom. The van der Waals surface area contributed by atoms with Crippen molar-refractivity contribution < 1.29 is 4.79 Å². The zero-order chi connectivity index (χ0) is 21.3. The molecule has 1 aliphatic rings. The average molecular weight is 428 g/mol. The van der Waals surface area contributed by atoms with Crippen molar-refractivity contribution in [1.29, 1.82) is 0 Å². The van der Waals surface area contributed by atoms with Gasteiger partial charge in [-0.1, -0.05) is 38.1 Å². The number of fused-ring (bicyclic) bond motifs is 1. The second kappa shape index (κ2) is 11.1. The van der Waals surface area contributed by atoms with Crippen LogP contribution in [0.1, 0.15) is 61.4 Å². The number of benzene rings is 1. The Bertz CT molecular complexity index is 861. The first-order valence-electron chi connectivity index (χ1n) is 10.9. The molecule has 30 heavy (non-hydrogen) atoms. The number of nitrogens with one attached hydrogen (secondary N) is 2. The first-order chi connectivity index (χ1) is 14.6. The van der Waals surface area contributed by atoms with Crippen LogP contribution in [-0.2, 0) is 24.3 Å². The molecule has 0 unspecified atom stereocenters. The number of hydrogen-bond acceptors (Lipinski definition) is 4. The van der Waals surface area contributed by atoms with Gasteiger partial charge < -0.3 is 15.5 Å². The van der Waals surface area contributed by atoms with E-state index in [2.05, 4.69) is 65.0 Å². The topological polar surface area (TPSA) is 69.6 Å². The van der Waals surface area contributed by atoms with Crippen molar-refractivity contribution in [2.75, 3.05) is 19.6 Å². The Labute approximate surface area is 183 Å². The van der Waals surface area contributed by atoms with E-state index in [4.69, 9.17) is 0 Å². The molecule has 0 spiro atoms. The highest BCUT2D eigenvalue weighted by molar-refractivity contribution is 7.09. The molecule has 162 valence electrons. The van der Waals surface area contributed by atoms with Gasteiger partial charge >= 0.3 is 0 Å². The Hall–Kier alpha value is -2.41. The second-order valence-electron chi connectivity index (χ2n) is 7.88. The summed E-state index contributed by atoms with van der Waals surface area (Å²) >= 11 is 1.66. The van der Waals surface area contributed by atoms with E-state index in [0.717, 1.165) is 55.7 Å². The summed E-state index contributed by atoms with van der Waals surface area (Å²) in [7, 11) is 0. The fourth-order valence-electron chi connectivity index (χ4n) is 3.46. The molecule has 6 nitrogen and oxygen atoms in total. The van der Waals surface area contributed by atoms with Gasteiger partial charge in [0.25, 0.3) is 0 Å². The molecular weight excluding hydrogens is 394 g/mol. The van der Waals surface area contributed by atoms with Gasteiger partial charge in [0, 0.05) is 38.0 Å². The Morgan fingerprint density at radius 2 is 2.07 bits per heavy atom. The number of aliphatic imine (C=N–C) groups is 1. The smallest absolute Gasteiger partial charge is 0.222 e. The minimum Gasteiger partial charge on any atom is -0.357 e. The van der Waals surface area contributed by atoms with Crippen molar-refractivity contribution in [3.05, 3.63) is 51.5 Å². The summed E-state index contributed by atoms with van der Waals surface area (Å²) in [6.45, 7) is 9.99. The van der Waals surface area contributed by atoms with Crippen LogP contribution in [0.3, 0.4) is 0 Å². The van der Waals surface area contributed by atoms with E-state index < -0.39 is 0 Å². The van der Waals surface area contributed by atoms with Crippen molar-refractivity contribution in [2.24, 2.45) is 4.99 Å². The molecule has 0 bridgehead atoms. The van der Waals surface area contributed by atoms with Crippen molar-refractivity contribution >= 4 is 23.2 Å². The van der Waals surface area contributed by atoms with Crippen molar-refractivity contribution in [3.8, 4) is 0 Å². The predicted molar refractivity (Wildman–Crippen MR) is 124 cm³/mol. The number of guanidine groups is 1. The molecule has 3 rings (SSSR count). The Kier molecular flexibility index (Phi) is 8.25. The average Bonchev–Trinajstić information content (AvgIpc) is 3.24. The van der Waals surface area contributed by atoms with Crippen molar-refractivity contribution in [2.45, 2.75) is 59.0 Å². The molecule has 2 N–H and O–H groups in total. The molecular formula is C23H33N5OS. The zero-order valence-corrected chi connectivity index (χ0v) is 19.1. The van der Waals surface area contributed by atoms with Crippen LogP contribution in [0, 0.1) is 0 Å². The van der Waals surface area contributed by atoms with Crippen LogP contribution >= 0.6 is 11.3 Å². The molecule has 7 heteroatoms. The van der Waals surface area contributed by atoms with Crippen LogP contribution < -0.4 is 10.6 Å². The van der Waals surface area contributed by atoms with Gasteiger partial charge in [-0.05, 0) is 36.8 Å². The largest absolute Gasteiger partial charge is 0.357 e. The molecule has 0 aliphatic carbocycles. The fourth-order valence-corrected chi connectivity index (χ4v) is 4.34. The minimum atomic E-state index is 0.234. The number of hydrogen-bond donors (Lipinski definition) is 2. The van der Waals surface area contributed by atoms with Gasteiger partial charge in [-0.3, -0.25) is 4.79 Å². The van der Waals surface area contributed by atoms with Gasteiger partial charge in [0.05, 0.1) is 12.2 Å². The van der Waals surface area contributed by atoms with Gasteiger partial charge in [-0.25, -0.2) is 9.98 Å². The number of rotatable bonds is 8. The third-order valence-electron chi connectivity index (χ3n) is 5.22. The third-order valence-corrected chi connectivity index (χ3v) is 6.07. The van der Waals surface area contributed by atoms with Crippen LogP contribution in [0.2, 0.25) is 0 Å². The molecule has 1 aromatic heterocycles. The van der Waals surface area contributed by atoms with Crippen LogP contribution in [0.25, 0.3) is 0 Å². The van der Waals surface area contributed by atoms with E-state index in [1.807, 2.05) is 11.0 Å². The fraction of sp³-hybridized carbons (Fsp3) is 0.522.